The molecule has 2 aromatic carbocycles. The summed E-state index contributed by atoms with van der Waals surface area (Å²) in [6.07, 6.45) is 3.97. The molecule has 0 saturated heterocycles. The standard InChI is InChI=1S/2C11H15NS3.Zn/c2*1-3-8-6-5-7-10(9(8)4-2)12(15)11(13)14;/h2*5-7,12H,3-4H2,1-2H3,(H,13,14);/q;;+2/p-2. The smallest absolute Gasteiger partial charge is 0.485 e. The molecule has 0 fully saturated rings. The fourth-order valence-corrected chi connectivity index (χ4v) is 4.23. The third-order valence-electron chi connectivity index (χ3n) is 4.88. The first kappa shape index (κ1) is 31.3. The molecule has 0 saturated carbocycles. The van der Waals surface area contributed by atoms with Gasteiger partial charge in [-0.1, -0.05) is 52.0 Å². The monoisotopic (exact) mass is 576 g/mol. The summed E-state index contributed by atoms with van der Waals surface area (Å²) >= 11 is 30.4. The van der Waals surface area contributed by atoms with Gasteiger partial charge in [0, 0.05) is 19.8 Å². The SMILES string of the molecule is CCc1cccc([NH+]([S-])C(=S)[S-])c1CC.CCc1cccc([NH+]([S-])C(=S)[S-])c1CC.[Zn+2]. The largest absolute Gasteiger partial charge is 2.00 e. The molecule has 0 bridgehead atoms. The maximum absolute atomic E-state index is 5.26. The third kappa shape index (κ3) is 8.87. The second-order valence-electron chi connectivity index (χ2n) is 6.53. The van der Waals surface area contributed by atoms with Gasteiger partial charge in [-0.25, -0.2) is 0 Å². The Morgan fingerprint density at radius 3 is 1.23 bits per heavy atom. The molecule has 0 amide bonds. The number of thiocarbonyl (C=S) groups is 2. The molecule has 2 unspecified atom stereocenters. The molecule has 0 heterocycles. The predicted octanol–water partition coefficient (Wildman–Crippen LogP) is 3.24. The molecule has 0 aliphatic rings. The molecule has 0 spiro atoms. The average Bonchev–Trinajstić information content (AvgIpc) is 2.76. The van der Waals surface area contributed by atoms with Gasteiger partial charge in [0.2, 0.25) is 0 Å². The summed E-state index contributed by atoms with van der Waals surface area (Å²) < 4.78 is 2.08. The number of rotatable bonds is 6. The predicted molar refractivity (Wildman–Crippen MR) is 146 cm³/mol. The number of aryl methyl sites for hydroxylation is 2. The number of hydrogen-bond donors (Lipinski definition) is 2. The van der Waals surface area contributed by atoms with E-state index in [-0.39, 0.29) is 19.5 Å². The molecule has 2 rings (SSSR count). The molecule has 9 heteroatoms. The molecule has 2 N–H and O–H groups in total. The minimum Gasteiger partial charge on any atom is -0.485 e. The van der Waals surface area contributed by atoms with Crippen molar-refractivity contribution < 1.29 is 28.1 Å². The third-order valence-corrected chi connectivity index (χ3v) is 7.06. The van der Waals surface area contributed by atoms with Crippen molar-refractivity contribution in [1.29, 1.82) is 0 Å². The van der Waals surface area contributed by atoms with Crippen molar-refractivity contribution in [3.63, 3.8) is 0 Å². The molecule has 2 aromatic rings. The van der Waals surface area contributed by atoms with Crippen molar-refractivity contribution in [2.24, 2.45) is 0 Å². The zero-order valence-electron chi connectivity index (χ0n) is 18.4. The van der Waals surface area contributed by atoms with Crippen molar-refractivity contribution in [3.05, 3.63) is 58.7 Å². The van der Waals surface area contributed by atoms with E-state index in [1.54, 1.807) is 0 Å². The van der Waals surface area contributed by atoms with Gasteiger partial charge in [0.25, 0.3) is 0 Å². The van der Waals surface area contributed by atoms with Crippen LogP contribution >= 0.6 is 24.4 Å². The van der Waals surface area contributed by atoms with Gasteiger partial charge in [-0.3, -0.25) is 0 Å². The molecule has 0 radical (unpaired) electrons. The van der Waals surface area contributed by atoms with E-state index in [1.807, 2.05) is 24.3 Å². The van der Waals surface area contributed by atoms with Gasteiger partial charge >= 0.3 is 19.5 Å². The van der Waals surface area contributed by atoms with Gasteiger partial charge in [0.1, 0.15) is 11.4 Å². The summed E-state index contributed by atoms with van der Waals surface area (Å²) in [6, 6.07) is 12.3. The zero-order chi connectivity index (χ0) is 22.8. The van der Waals surface area contributed by atoms with Crippen LogP contribution in [0.25, 0.3) is 0 Å². The fourth-order valence-electron chi connectivity index (χ4n) is 3.41. The number of benzene rings is 2. The van der Waals surface area contributed by atoms with E-state index in [0.717, 1.165) is 37.1 Å². The second kappa shape index (κ2) is 16.0. The molecule has 2 nitrogen and oxygen atoms in total. The number of quaternary nitrogens is 2. The van der Waals surface area contributed by atoms with Crippen molar-refractivity contribution >= 4 is 95.3 Å². The average molecular weight is 578 g/mol. The van der Waals surface area contributed by atoms with Crippen molar-refractivity contribution in [2.75, 3.05) is 0 Å². The normalized spacial score (nSPS) is 12.1. The topological polar surface area (TPSA) is 8.88 Å². The maximum Gasteiger partial charge on any atom is 2.00 e. The summed E-state index contributed by atoms with van der Waals surface area (Å²) in [7, 11) is 0. The molecule has 0 aliphatic heterocycles. The maximum atomic E-state index is 5.26. The van der Waals surface area contributed by atoms with Gasteiger partial charge in [-0.05, 0) is 48.9 Å². The summed E-state index contributed by atoms with van der Waals surface area (Å²) in [4.78, 5) is 0. The van der Waals surface area contributed by atoms with Gasteiger partial charge in [-0.15, -0.1) is 0 Å². The Kier molecular flexibility index (Phi) is 16.2. The van der Waals surface area contributed by atoms with E-state index >= 15 is 0 Å². The van der Waals surface area contributed by atoms with Gasteiger partial charge in [0.15, 0.2) is 0 Å². The number of nitrogens with one attached hydrogen (secondary N) is 2. The molecular formula is C22H28N2S6Zn. The minimum absolute atomic E-state index is 0. The Morgan fingerprint density at radius 2 is 1.00 bits per heavy atom. The van der Waals surface area contributed by atoms with Crippen LogP contribution in [0.4, 0.5) is 11.4 Å². The number of hydrogen-bond acceptors (Lipinski definition) is 6. The summed E-state index contributed by atoms with van der Waals surface area (Å²) in [6.45, 7) is 8.56. The van der Waals surface area contributed by atoms with Crippen molar-refractivity contribution in [3.8, 4) is 0 Å². The van der Waals surface area contributed by atoms with Gasteiger partial charge in [-0.2, -0.15) is 0 Å². The first-order valence-electron chi connectivity index (χ1n) is 9.96. The second-order valence-corrected chi connectivity index (χ2v) is 9.50. The molecule has 0 aliphatic carbocycles. The van der Waals surface area contributed by atoms with E-state index in [4.69, 9.17) is 75.3 Å². The van der Waals surface area contributed by atoms with Crippen LogP contribution in [0.1, 0.15) is 49.9 Å². The summed E-state index contributed by atoms with van der Waals surface area (Å²) in [5.74, 6) is 0. The molecular weight excluding hydrogens is 550 g/mol. The zero-order valence-corrected chi connectivity index (χ0v) is 26.3. The quantitative estimate of drug-likeness (QED) is 0.308. The van der Waals surface area contributed by atoms with E-state index in [1.165, 1.54) is 22.3 Å². The van der Waals surface area contributed by atoms with E-state index < -0.39 is 0 Å². The van der Waals surface area contributed by atoms with E-state index in [0.29, 0.717) is 17.3 Å². The van der Waals surface area contributed by atoms with Crippen LogP contribution in [-0.2, 0) is 96.0 Å². The summed E-state index contributed by atoms with van der Waals surface area (Å²) in [5, 5.41) is 0. The van der Waals surface area contributed by atoms with Crippen molar-refractivity contribution in [2.45, 2.75) is 53.4 Å². The van der Waals surface area contributed by atoms with Crippen molar-refractivity contribution in [1.82, 2.24) is 0 Å². The molecule has 31 heavy (non-hydrogen) atoms. The minimum atomic E-state index is 0. The Morgan fingerprint density at radius 1 is 0.677 bits per heavy atom. The Balaban J connectivity index is 0.000000562. The fraction of sp³-hybridized carbons (Fsp3) is 0.364. The van der Waals surface area contributed by atoms with Crippen LogP contribution in [0.2, 0.25) is 0 Å². The van der Waals surface area contributed by atoms with Crippen LogP contribution in [0, 0.1) is 0 Å². The molecule has 0 aromatic heterocycles. The molecule has 2 atom stereocenters. The first-order valence-corrected chi connectivity index (χ1v) is 12.4. The van der Waals surface area contributed by atoms with Crippen LogP contribution in [0.15, 0.2) is 36.4 Å². The molecule has 164 valence electrons. The Hall–Kier alpha value is 0.303. The van der Waals surface area contributed by atoms with Crippen LogP contribution in [0.3, 0.4) is 0 Å². The Bertz CT molecular complexity index is 804. The first-order chi connectivity index (χ1) is 14.2. The van der Waals surface area contributed by atoms with Gasteiger partial charge in [0.05, 0.1) is 0 Å². The van der Waals surface area contributed by atoms with Crippen LogP contribution in [0.5, 0.6) is 0 Å². The summed E-state index contributed by atoms with van der Waals surface area (Å²) in [5.41, 5.74) is 7.35. The van der Waals surface area contributed by atoms with E-state index in [9.17, 15) is 0 Å². The van der Waals surface area contributed by atoms with Crippen LogP contribution in [-0.4, -0.2) is 8.64 Å². The Labute approximate surface area is 233 Å². The van der Waals surface area contributed by atoms with Gasteiger partial charge < -0.3 is 83.9 Å². The van der Waals surface area contributed by atoms with Crippen LogP contribution < -0.4 is 8.61 Å². The van der Waals surface area contributed by atoms with E-state index in [2.05, 4.69) is 39.8 Å².